The molecule has 1 heterocycles. The molecule has 0 aromatic carbocycles. The summed E-state index contributed by atoms with van der Waals surface area (Å²) in [6, 6.07) is 0. The summed E-state index contributed by atoms with van der Waals surface area (Å²) in [4.78, 5) is 12.8. The minimum atomic E-state index is -0.362. The van der Waals surface area contributed by atoms with Crippen LogP contribution in [-0.2, 0) is 0 Å². The number of fused-ring (bicyclic) bond motifs is 5. The van der Waals surface area contributed by atoms with E-state index in [0.29, 0.717) is 18.1 Å². The lowest BCUT2D eigenvalue weighted by molar-refractivity contribution is -0.124. The normalized spacial score (nSPS) is 41.9. The molecule has 2 fully saturated rings. The van der Waals surface area contributed by atoms with Crippen LogP contribution in [-0.4, -0.2) is 17.0 Å². The minimum absolute atomic E-state index is 0.0651. The topological polar surface area (TPSA) is 50.4 Å². The number of Topliss-reactive ketones (excluding diaryl/α,β-unsaturated/α-hetero) is 1. The average Bonchev–Trinajstić information content (AvgIpc) is 2.84. The monoisotopic (exact) mass is 316 g/mol. The van der Waals surface area contributed by atoms with Crippen molar-refractivity contribution in [1.82, 2.24) is 0 Å². The van der Waals surface area contributed by atoms with Gasteiger partial charge in [0.1, 0.15) is 5.76 Å². The van der Waals surface area contributed by atoms with Crippen molar-refractivity contribution < 1.29 is 14.3 Å². The molecule has 0 aliphatic heterocycles. The van der Waals surface area contributed by atoms with E-state index in [2.05, 4.69) is 20.8 Å². The third-order valence-corrected chi connectivity index (χ3v) is 7.49. The molecular weight excluding hydrogens is 288 g/mol. The zero-order valence-electron chi connectivity index (χ0n) is 14.7. The Morgan fingerprint density at radius 1 is 1.26 bits per heavy atom. The molecule has 23 heavy (non-hydrogen) atoms. The molecule has 3 heteroatoms. The summed E-state index contributed by atoms with van der Waals surface area (Å²) < 4.78 is 5.56. The molecule has 1 aromatic rings. The summed E-state index contributed by atoms with van der Waals surface area (Å²) in [5, 5.41) is 11.0. The molecule has 0 amide bonds. The Kier molecular flexibility index (Phi) is 3.17. The van der Waals surface area contributed by atoms with E-state index in [4.69, 9.17) is 4.42 Å². The number of furan rings is 1. The number of ketones is 1. The maximum absolute atomic E-state index is 12.8. The number of aliphatic hydroxyl groups is 1. The van der Waals surface area contributed by atoms with E-state index < -0.39 is 0 Å². The van der Waals surface area contributed by atoms with E-state index in [1.807, 2.05) is 6.92 Å². The number of carbonyl (C=O) groups is 1. The molecule has 3 aliphatic carbocycles. The number of hydrogen-bond acceptors (Lipinski definition) is 3. The predicted molar refractivity (Wildman–Crippen MR) is 88.5 cm³/mol. The summed E-state index contributed by atoms with van der Waals surface area (Å²) >= 11 is 0. The molecule has 4 rings (SSSR count). The largest absolute Gasteiger partial charge is 0.469 e. The summed E-state index contributed by atoms with van der Waals surface area (Å²) in [6.07, 6.45) is 6.42. The van der Waals surface area contributed by atoms with Crippen LogP contribution in [0.4, 0.5) is 0 Å². The van der Waals surface area contributed by atoms with Gasteiger partial charge in [0.2, 0.25) is 0 Å². The molecular formula is C20H28O3. The Balaban J connectivity index is 1.83. The van der Waals surface area contributed by atoms with E-state index in [1.165, 1.54) is 19.3 Å². The van der Waals surface area contributed by atoms with Crippen LogP contribution in [0.2, 0.25) is 0 Å². The Hall–Kier alpha value is -1.09. The SMILES string of the molecule is Cc1occ2c1C(=O)C[C@H]1[C@H]2[C@@H](O)C[C@H]2C(C)(C)CCC[C@]12C. The van der Waals surface area contributed by atoms with Crippen LogP contribution in [0.25, 0.3) is 0 Å². The number of aryl methyl sites for hydroxylation is 1. The van der Waals surface area contributed by atoms with Crippen LogP contribution in [0.15, 0.2) is 10.7 Å². The fourth-order valence-electron chi connectivity index (χ4n) is 6.43. The van der Waals surface area contributed by atoms with E-state index in [0.717, 1.165) is 17.5 Å². The van der Waals surface area contributed by atoms with Gasteiger partial charge in [-0.3, -0.25) is 4.79 Å². The maximum Gasteiger partial charge on any atom is 0.166 e. The smallest absolute Gasteiger partial charge is 0.166 e. The first-order valence-electron chi connectivity index (χ1n) is 9.05. The Bertz CT molecular complexity index is 656. The highest BCUT2D eigenvalue weighted by Gasteiger charge is 2.59. The molecule has 0 spiro atoms. The average molecular weight is 316 g/mol. The molecule has 2 saturated carbocycles. The van der Waals surface area contributed by atoms with Gasteiger partial charge in [0, 0.05) is 17.9 Å². The van der Waals surface area contributed by atoms with Crippen LogP contribution in [0.5, 0.6) is 0 Å². The van der Waals surface area contributed by atoms with Crippen LogP contribution in [0.3, 0.4) is 0 Å². The van der Waals surface area contributed by atoms with Gasteiger partial charge in [-0.05, 0) is 48.9 Å². The highest BCUT2D eigenvalue weighted by molar-refractivity contribution is 6.00. The quantitative estimate of drug-likeness (QED) is 0.768. The van der Waals surface area contributed by atoms with Crippen LogP contribution in [0, 0.1) is 29.6 Å². The van der Waals surface area contributed by atoms with Gasteiger partial charge in [-0.1, -0.05) is 27.2 Å². The Morgan fingerprint density at radius 2 is 2.00 bits per heavy atom. The molecule has 126 valence electrons. The molecule has 3 aliphatic rings. The second-order valence-corrected chi connectivity index (χ2v) is 9.09. The molecule has 0 bridgehead atoms. The Labute approximate surface area is 138 Å². The third kappa shape index (κ3) is 1.95. The minimum Gasteiger partial charge on any atom is -0.469 e. The van der Waals surface area contributed by atoms with Gasteiger partial charge < -0.3 is 9.52 Å². The van der Waals surface area contributed by atoms with Crippen molar-refractivity contribution in [3.8, 4) is 0 Å². The van der Waals surface area contributed by atoms with Crippen molar-refractivity contribution in [3.05, 3.63) is 23.2 Å². The second kappa shape index (κ2) is 4.72. The lowest BCUT2D eigenvalue weighted by atomic mass is 9.44. The maximum atomic E-state index is 12.8. The standard InChI is InChI=1S/C20H28O3/c1-11-17-12(10-23-11)18-13(8-14(17)21)20(4)7-5-6-19(2,3)16(20)9-15(18)22/h10,13,15-16,18,22H,5-9H2,1-4H3/t13-,15-,16-,18-,20+/m0/s1. The molecule has 0 radical (unpaired) electrons. The molecule has 0 unspecified atom stereocenters. The van der Waals surface area contributed by atoms with Crippen molar-refractivity contribution >= 4 is 5.78 Å². The predicted octanol–water partition coefficient (Wildman–Crippen LogP) is 4.47. The van der Waals surface area contributed by atoms with Gasteiger partial charge >= 0.3 is 0 Å². The fraction of sp³-hybridized carbons (Fsp3) is 0.750. The van der Waals surface area contributed by atoms with Gasteiger partial charge in [-0.15, -0.1) is 0 Å². The lowest BCUT2D eigenvalue weighted by Gasteiger charge is -2.61. The lowest BCUT2D eigenvalue weighted by Crippen LogP contribution is -2.56. The zero-order valence-corrected chi connectivity index (χ0v) is 14.7. The summed E-state index contributed by atoms with van der Waals surface area (Å²) in [7, 11) is 0. The fourth-order valence-corrected chi connectivity index (χ4v) is 6.43. The van der Waals surface area contributed by atoms with Gasteiger partial charge in [0.15, 0.2) is 5.78 Å². The van der Waals surface area contributed by atoms with Gasteiger partial charge in [0.25, 0.3) is 0 Å². The first-order valence-corrected chi connectivity index (χ1v) is 9.05. The van der Waals surface area contributed by atoms with Crippen molar-refractivity contribution in [1.29, 1.82) is 0 Å². The van der Waals surface area contributed by atoms with E-state index in [-0.39, 0.29) is 34.6 Å². The molecule has 1 N–H and O–H groups in total. The number of rotatable bonds is 0. The van der Waals surface area contributed by atoms with Crippen LogP contribution >= 0.6 is 0 Å². The van der Waals surface area contributed by atoms with E-state index in [1.54, 1.807) is 6.26 Å². The summed E-state index contributed by atoms with van der Waals surface area (Å²) in [6.45, 7) is 8.94. The van der Waals surface area contributed by atoms with Crippen LogP contribution < -0.4 is 0 Å². The summed E-state index contributed by atoms with van der Waals surface area (Å²) in [5.74, 6) is 1.72. The van der Waals surface area contributed by atoms with Gasteiger partial charge in [0.05, 0.1) is 17.9 Å². The van der Waals surface area contributed by atoms with Crippen molar-refractivity contribution in [2.45, 2.75) is 71.8 Å². The zero-order chi connectivity index (χ0) is 16.6. The molecule has 3 nitrogen and oxygen atoms in total. The molecule has 5 atom stereocenters. The Morgan fingerprint density at radius 3 is 2.74 bits per heavy atom. The number of aliphatic hydroxyl groups excluding tert-OH is 1. The van der Waals surface area contributed by atoms with E-state index >= 15 is 0 Å². The van der Waals surface area contributed by atoms with Gasteiger partial charge in [-0.25, -0.2) is 0 Å². The first kappa shape index (κ1) is 15.4. The third-order valence-electron chi connectivity index (χ3n) is 7.49. The number of carbonyl (C=O) groups excluding carboxylic acids is 1. The molecule has 1 aromatic heterocycles. The first-order chi connectivity index (χ1) is 10.8. The van der Waals surface area contributed by atoms with Crippen molar-refractivity contribution in [2.75, 3.05) is 0 Å². The highest BCUT2D eigenvalue weighted by Crippen LogP contribution is 2.65. The van der Waals surface area contributed by atoms with Crippen molar-refractivity contribution in [2.24, 2.45) is 22.7 Å². The number of hydrogen-bond donors (Lipinski definition) is 1. The molecule has 0 saturated heterocycles. The van der Waals surface area contributed by atoms with E-state index in [9.17, 15) is 9.90 Å². The van der Waals surface area contributed by atoms with Gasteiger partial charge in [-0.2, -0.15) is 0 Å². The summed E-state index contributed by atoms with van der Waals surface area (Å²) in [5.41, 5.74) is 2.11. The van der Waals surface area contributed by atoms with Crippen molar-refractivity contribution in [3.63, 3.8) is 0 Å². The van der Waals surface area contributed by atoms with Crippen LogP contribution in [0.1, 0.15) is 80.5 Å². The second-order valence-electron chi connectivity index (χ2n) is 9.09. The highest BCUT2D eigenvalue weighted by atomic mass is 16.3.